The molecule has 1 aromatic heterocycles. The Bertz CT molecular complexity index is 641. The van der Waals surface area contributed by atoms with E-state index in [0.717, 1.165) is 13.0 Å². The van der Waals surface area contributed by atoms with E-state index in [-0.39, 0.29) is 6.10 Å². The van der Waals surface area contributed by atoms with Crippen LogP contribution in [0.1, 0.15) is 41.7 Å². The van der Waals surface area contributed by atoms with Crippen LogP contribution in [0.3, 0.4) is 0 Å². The molecule has 0 spiro atoms. The van der Waals surface area contributed by atoms with Gasteiger partial charge in [0, 0.05) is 36.2 Å². The molecule has 2 aliphatic rings. The molecule has 2 aliphatic heterocycles. The van der Waals surface area contributed by atoms with E-state index in [1.807, 2.05) is 18.5 Å². The van der Waals surface area contributed by atoms with E-state index < -0.39 is 0 Å². The van der Waals surface area contributed by atoms with Gasteiger partial charge in [0.15, 0.2) is 0 Å². The highest BCUT2D eigenvalue weighted by molar-refractivity contribution is 5.58. The van der Waals surface area contributed by atoms with E-state index >= 15 is 0 Å². The van der Waals surface area contributed by atoms with Crippen molar-refractivity contribution in [3.8, 4) is 0 Å². The first-order chi connectivity index (χ1) is 10.3. The van der Waals surface area contributed by atoms with Gasteiger partial charge in [-0.15, -0.1) is 0 Å². The van der Waals surface area contributed by atoms with E-state index in [1.165, 1.54) is 28.8 Å². The van der Waals surface area contributed by atoms with Gasteiger partial charge >= 0.3 is 0 Å². The van der Waals surface area contributed by atoms with Crippen LogP contribution in [-0.4, -0.2) is 11.6 Å². The second-order valence-corrected chi connectivity index (χ2v) is 6.10. The molecule has 4 rings (SSSR count). The number of rotatable bonds is 1. The lowest BCUT2D eigenvalue weighted by Gasteiger charge is -2.43. The summed E-state index contributed by atoms with van der Waals surface area (Å²) in [5, 5.41) is 3.72. The zero-order valence-corrected chi connectivity index (χ0v) is 12.3. The first kappa shape index (κ1) is 12.8. The number of nitrogens with zero attached hydrogens (tertiary/aromatic N) is 1. The molecule has 108 valence electrons. The minimum absolute atomic E-state index is 0.208. The third kappa shape index (κ3) is 2.22. The molecule has 3 heterocycles. The predicted octanol–water partition coefficient (Wildman–Crippen LogP) is 4.02. The first-order valence-electron chi connectivity index (χ1n) is 7.71. The molecular weight excluding hydrogens is 260 g/mol. The summed E-state index contributed by atoms with van der Waals surface area (Å²) < 4.78 is 6.15. The molecule has 1 fully saturated rings. The molecule has 0 aliphatic carbocycles. The third-order valence-corrected chi connectivity index (χ3v) is 4.66. The van der Waals surface area contributed by atoms with E-state index in [4.69, 9.17) is 4.74 Å². The van der Waals surface area contributed by atoms with E-state index in [1.54, 1.807) is 0 Å². The average Bonchev–Trinajstić information content (AvgIpc) is 2.55. The molecule has 0 radical (unpaired) electrons. The molecule has 2 aromatic rings. The number of nitrogens with one attached hydrogen (secondary N) is 1. The van der Waals surface area contributed by atoms with Crippen LogP contribution in [0.2, 0.25) is 0 Å². The summed E-state index contributed by atoms with van der Waals surface area (Å²) in [7, 11) is 0. The van der Waals surface area contributed by atoms with Crippen LogP contribution in [0.25, 0.3) is 0 Å². The molecule has 0 amide bonds. The number of benzene rings is 1. The highest BCUT2D eigenvalue weighted by Crippen LogP contribution is 2.48. The largest absolute Gasteiger partial charge is 0.377 e. The lowest BCUT2D eigenvalue weighted by molar-refractivity contribution is -0.0381. The Morgan fingerprint density at radius 2 is 2.24 bits per heavy atom. The molecule has 3 atom stereocenters. The smallest absolute Gasteiger partial charge is 0.0895 e. The van der Waals surface area contributed by atoms with Gasteiger partial charge in [0.25, 0.3) is 0 Å². The quantitative estimate of drug-likeness (QED) is 0.856. The number of ether oxygens (including phenoxy) is 1. The maximum Gasteiger partial charge on any atom is 0.0895 e. The van der Waals surface area contributed by atoms with Crippen LogP contribution < -0.4 is 5.32 Å². The highest BCUT2D eigenvalue weighted by atomic mass is 16.5. The Labute approximate surface area is 125 Å². The van der Waals surface area contributed by atoms with E-state index in [2.05, 4.69) is 41.5 Å². The Morgan fingerprint density at radius 1 is 1.29 bits per heavy atom. The molecule has 0 unspecified atom stereocenters. The first-order valence-corrected chi connectivity index (χ1v) is 7.71. The molecule has 3 nitrogen and oxygen atoms in total. The van der Waals surface area contributed by atoms with E-state index in [9.17, 15) is 0 Å². The molecule has 1 N–H and O–H groups in total. The van der Waals surface area contributed by atoms with Gasteiger partial charge in [-0.05, 0) is 37.5 Å². The van der Waals surface area contributed by atoms with Crippen molar-refractivity contribution in [2.24, 2.45) is 5.92 Å². The van der Waals surface area contributed by atoms with Gasteiger partial charge in [-0.3, -0.25) is 4.98 Å². The van der Waals surface area contributed by atoms with Crippen molar-refractivity contribution in [1.29, 1.82) is 0 Å². The number of aromatic nitrogens is 1. The average molecular weight is 280 g/mol. The van der Waals surface area contributed by atoms with Gasteiger partial charge in [-0.25, -0.2) is 0 Å². The lowest BCUT2D eigenvalue weighted by Crippen LogP contribution is -2.36. The minimum atomic E-state index is 0.208. The summed E-state index contributed by atoms with van der Waals surface area (Å²) in [6.45, 7) is 3.01. The zero-order chi connectivity index (χ0) is 14.2. The number of fused-ring (bicyclic) bond motifs is 3. The summed E-state index contributed by atoms with van der Waals surface area (Å²) in [6.07, 6.45) is 6.35. The van der Waals surface area contributed by atoms with Gasteiger partial charge in [-0.2, -0.15) is 0 Å². The van der Waals surface area contributed by atoms with Crippen molar-refractivity contribution in [3.63, 3.8) is 0 Å². The number of hydrogen-bond donors (Lipinski definition) is 1. The molecule has 1 aromatic carbocycles. The monoisotopic (exact) mass is 280 g/mol. The zero-order valence-electron chi connectivity index (χ0n) is 12.3. The van der Waals surface area contributed by atoms with Crippen molar-refractivity contribution in [2.45, 2.75) is 31.9 Å². The molecule has 0 saturated carbocycles. The van der Waals surface area contributed by atoms with Crippen LogP contribution in [0.5, 0.6) is 0 Å². The predicted molar refractivity (Wildman–Crippen MR) is 83.2 cm³/mol. The molecule has 21 heavy (non-hydrogen) atoms. The maximum atomic E-state index is 6.15. The number of hydrogen-bond acceptors (Lipinski definition) is 3. The second kappa shape index (κ2) is 5.15. The van der Waals surface area contributed by atoms with Crippen molar-refractivity contribution in [1.82, 2.24) is 4.98 Å². The van der Waals surface area contributed by atoms with Gasteiger partial charge in [0.05, 0.1) is 12.1 Å². The highest BCUT2D eigenvalue weighted by Gasteiger charge is 2.39. The fourth-order valence-electron chi connectivity index (χ4n) is 3.68. The van der Waals surface area contributed by atoms with Gasteiger partial charge < -0.3 is 10.1 Å². The summed E-state index contributed by atoms with van der Waals surface area (Å²) in [5.74, 6) is 0.484. The standard InChI is InChI=1S/C18H20N2O/c1-12-6-7-16-15(10-12)18-14(5-3-9-21-18)17(20-16)13-4-2-8-19-11-13/h2,4,6-8,10-11,14,17-18,20H,3,5,9H2,1H3/t14-,17+,18-/m0/s1. The summed E-state index contributed by atoms with van der Waals surface area (Å²) >= 11 is 0. The van der Waals surface area contributed by atoms with Crippen LogP contribution in [-0.2, 0) is 4.74 Å². The van der Waals surface area contributed by atoms with Gasteiger partial charge in [0.2, 0.25) is 0 Å². The minimum Gasteiger partial charge on any atom is -0.377 e. The Balaban J connectivity index is 1.79. The molecular formula is C18H20N2O. The Hall–Kier alpha value is -1.87. The van der Waals surface area contributed by atoms with Gasteiger partial charge in [-0.1, -0.05) is 23.8 Å². The summed E-state index contributed by atoms with van der Waals surface area (Å²) in [6, 6.07) is 11.1. The van der Waals surface area contributed by atoms with Crippen LogP contribution in [0.4, 0.5) is 5.69 Å². The van der Waals surface area contributed by atoms with Gasteiger partial charge in [0.1, 0.15) is 0 Å². The molecule has 3 heteroatoms. The Morgan fingerprint density at radius 3 is 3.10 bits per heavy atom. The van der Waals surface area contributed by atoms with Crippen LogP contribution in [0.15, 0.2) is 42.7 Å². The third-order valence-electron chi connectivity index (χ3n) is 4.66. The molecule has 0 bridgehead atoms. The number of anilines is 1. The summed E-state index contributed by atoms with van der Waals surface area (Å²) in [5.41, 5.74) is 5.07. The fraction of sp³-hybridized carbons (Fsp3) is 0.389. The second-order valence-electron chi connectivity index (χ2n) is 6.10. The van der Waals surface area contributed by atoms with Crippen molar-refractivity contribution in [2.75, 3.05) is 11.9 Å². The fourth-order valence-corrected chi connectivity index (χ4v) is 3.68. The van der Waals surface area contributed by atoms with Crippen molar-refractivity contribution >= 4 is 5.69 Å². The van der Waals surface area contributed by atoms with Crippen LogP contribution >= 0.6 is 0 Å². The summed E-state index contributed by atoms with van der Waals surface area (Å²) in [4.78, 5) is 4.29. The Kier molecular flexibility index (Phi) is 3.15. The van der Waals surface area contributed by atoms with Crippen molar-refractivity contribution < 1.29 is 4.74 Å². The topological polar surface area (TPSA) is 34.1 Å². The maximum absolute atomic E-state index is 6.15. The van der Waals surface area contributed by atoms with Crippen molar-refractivity contribution in [3.05, 3.63) is 59.4 Å². The van der Waals surface area contributed by atoms with Crippen LogP contribution in [0, 0.1) is 12.8 Å². The number of pyridine rings is 1. The lowest BCUT2D eigenvalue weighted by atomic mass is 9.77. The molecule has 1 saturated heterocycles. The SMILES string of the molecule is Cc1ccc2c(c1)[C@H]1OCCC[C@H]1[C@@H](c1cccnc1)N2. The number of aryl methyl sites for hydroxylation is 1. The normalized spacial score (nSPS) is 27.4. The van der Waals surface area contributed by atoms with E-state index in [0.29, 0.717) is 12.0 Å².